The zero-order valence-electron chi connectivity index (χ0n) is 14.5. The fraction of sp³-hybridized carbons (Fsp3) is 0.500. The van der Waals surface area contributed by atoms with Crippen LogP contribution >= 0.6 is 0 Å². The normalized spacial score (nSPS) is 22.5. The van der Waals surface area contributed by atoms with Crippen LogP contribution in [0, 0.1) is 6.92 Å². The summed E-state index contributed by atoms with van der Waals surface area (Å²) in [6.45, 7) is 5.35. The zero-order chi connectivity index (χ0) is 17.4. The van der Waals surface area contributed by atoms with Crippen molar-refractivity contribution in [2.24, 2.45) is 0 Å². The number of rotatable bonds is 3. The number of aryl methyl sites for hydroxylation is 2. The van der Waals surface area contributed by atoms with Gasteiger partial charge in [-0.25, -0.2) is 14.5 Å². The van der Waals surface area contributed by atoms with Crippen molar-refractivity contribution >= 4 is 6.03 Å². The fourth-order valence-electron chi connectivity index (χ4n) is 3.71. The van der Waals surface area contributed by atoms with Crippen LogP contribution in [0.15, 0.2) is 24.3 Å². The van der Waals surface area contributed by atoms with Crippen molar-refractivity contribution in [2.45, 2.75) is 51.2 Å². The molecule has 4 rings (SSSR count). The Morgan fingerprint density at radius 1 is 1.40 bits per heavy atom. The molecule has 0 bridgehead atoms. The van der Waals surface area contributed by atoms with E-state index >= 15 is 0 Å². The smallest absolute Gasteiger partial charge is 0.315 e. The maximum absolute atomic E-state index is 12.5. The molecule has 3 heterocycles. The van der Waals surface area contributed by atoms with Crippen LogP contribution in [0.3, 0.4) is 0 Å². The zero-order valence-corrected chi connectivity index (χ0v) is 14.5. The topological polar surface area (TPSA) is 81.1 Å². The molecule has 7 nitrogen and oxygen atoms in total. The Morgan fingerprint density at radius 2 is 2.24 bits per heavy atom. The number of urea groups is 1. The molecule has 132 valence electrons. The van der Waals surface area contributed by atoms with Crippen molar-refractivity contribution < 1.29 is 9.53 Å². The van der Waals surface area contributed by atoms with E-state index < -0.39 is 0 Å². The number of hydrogen-bond acceptors (Lipinski definition) is 4. The summed E-state index contributed by atoms with van der Waals surface area (Å²) in [6.07, 6.45) is 1.87. The molecule has 1 aromatic heterocycles. The molecule has 2 amide bonds. The molecule has 2 aliphatic heterocycles. The number of nitrogens with one attached hydrogen (secondary N) is 2. The lowest BCUT2D eigenvalue weighted by molar-refractivity contribution is 0.225. The third-order valence-corrected chi connectivity index (χ3v) is 4.99. The van der Waals surface area contributed by atoms with Crippen LogP contribution in [0.1, 0.15) is 48.9 Å². The Balaban J connectivity index is 1.40. The van der Waals surface area contributed by atoms with Gasteiger partial charge in [-0.15, -0.1) is 0 Å². The Morgan fingerprint density at radius 3 is 3.12 bits per heavy atom. The molecule has 7 heteroatoms. The van der Waals surface area contributed by atoms with Gasteiger partial charge in [-0.1, -0.05) is 18.2 Å². The molecular formula is C18H23N5O2. The van der Waals surface area contributed by atoms with Crippen LogP contribution in [-0.4, -0.2) is 33.4 Å². The molecule has 25 heavy (non-hydrogen) atoms. The van der Waals surface area contributed by atoms with Gasteiger partial charge in [0.2, 0.25) is 0 Å². The van der Waals surface area contributed by atoms with Gasteiger partial charge in [0.1, 0.15) is 17.4 Å². The number of benzene rings is 1. The maximum Gasteiger partial charge on any atom is 0.315 e. The van der Waals surface area contributed by atoms with Gasteiger partial charge in [-0.2, -0.15) is 5.10 Å². The van der Waals surface area contributed by atoms with E-state index in [4.69, 9.17) is 4.74 Å². The number of amides is 2. The predicted octanol–water partition coefficient (Wildman–Crippen LogP) is 2.29. The summed E-state index contributed by atoms with van der Waals surface area (Å²) in [7, 11) is 0. The molecule has 0 unspecified atom stereocenters. The number of para-hydroxylation sites is 1. The molecule has 3 atom stereocenters. The van der Waals surface area contributed by atoms with E-state index in [1.165, 1.54) is 0 Å². The van der Waals surface area contributed by atoms with Crippen LogP contribution in [0.5, 0.6) is 5.75 Å². The van der Waals surface area contributed by atoms with Crippen molar-refractivity contribution in [3.05, 3.63) is 41.5 Å². The number of fused-ring (bicyclic) bond motifs is 2. The Hall–Kier alpha value is -2.57. The lowest BCUT2D eigenvalue weighted by atomic mass is 9.94. The summed E-state index contributed by atoms with van der Waals surface area (Å²) < 4.78 is 7.62. The third-order valence-electron chi connectivity index (χ3n) is 4.99. The number of aromatic nitrogens is 3. The summed E-state index contributed by atoms with van der Waals surface area (Å²) in [5.74, 6) is 2.68. The van der Waals surface area contributed by atoms with Crippen molar-refractivity contribution in [1.82, 2.24) is 25.4 Å². The first kappa shape index (κ1) is 15.9. The lowest BCUT2D eigenvalue weighted by Crippen LogP contribution is -2.46. The number of carbonyl (C=O) groups excluding carboxylic acids is 1. The summed E-state index contributed by atoms with van der Waals surface area (Å²) >= 11 is 0. The second-order valence-electron chi connectivity index (χ2n) is 6.80. The van der Waals surface area contributed by atoms with Crippen LogP contribution < -0.4 is 15.4 Å². The monoisotopic (exact) mass is 341 g/mol. The average molecular weight is 341 g/mol. The molecule has 0 spiro atoms. The highest BCUT2D eigenvalue weighted by atomic mass is 16.5. The van der Waals surface area contributed by atoms with Crippen molar-refractivity contribution in [3.8, 4) is 5.75 Å². The number of nitrogens with zero attached hydrogens (tertiary/aromatic N) is 3. The summed E-state index contributed by atoms with van der Waals surface area (Å²) in [5, 5.41) is 10.5. The van der Waals surface area contributed by atoms with Crippen LogP contribution in [-0.2, 0) is 6.54 Å². The van der Waals surface area contributed by atoms with E-state index in [-0.39, 0.29) is 24.0 Å². The van der Waals surface area contributed by atoms with E-state index in [1.807, 2.05) is 36.7 Å². The molecule has 0 radical (unpaired) electrons. The van der Waals surface area contributed by atoms with E-state index in [1.54, 1.807) is 0 Å². The Bertz CT molecular complexity index is 788. The SMILES string of the molecule is Cc1nc2n(n1)CCC[C@@H]2NC(=O)N[C@H](C)[C@@H]1COc2ccccc21. The Labute approximate surface area is 146 Å². The average Bonchev–Trinajstić information content (AvgIpc) is 3.18. The van der Waals surface area contributed by atoms with Crippen molar-refractivity contribution in [1.29, 1.82) is 0 Å². The van der Waals surface area contributed by atoms with Crippen LogP contribution in [0.25, 0.3) is 0 Å². The molecular weight excluding hydrogens is 318 g/mol. The summed E-state index contributed by atoms with van der Waals surface area (Å²) in [5.41, 5.74) is 1.16. The molecule has 2 aromatic rings. The van der Waals surface area contributed by atoms with E-state index in [0.29, 0.717) is 6.61 Å². The first-order valence-corrected chi connectivity index (χ1v) is 8.82. The fourth-order valence-corrected chi connectivity index (χ4v) is 3.71. The third kappa shape index (κ3) is 3.06. The van der Waals surface area contributed by atoms with Gasteiger partial charge in [0.25, 0.3) is 0 Å². The second-order valence-corrected chi connectivity index (χ2v) is 6.80. The van der Waals surface area contributed by atoms with Gasteiger partial charge in [0.05, 0.1) is 12.6 Å². The minimum Gasteiger partial charge on any atom is -0.493 e. The van der Waals surface area contributed by atoms with Crippen molar-refractivity contribution in [3.63, 3.8) is 0 Å². The quantitative estimate of drug-likeness (QED) is 0.897. The first-order valence-electron chi connectivity index (χ1n) is 8.82. The van der Waals surface area contributed by atoms with Crippen LogP contribution in [0.4, 0.5) is 4.79 Å². The van der Waals surface area contributed by atoms with Gasteiger partial charge in [0, 0.05) is 24.1 Å². The van der Waals surface area contributed by atoms with Gasteiger partial charge >= 0.3 is 6.03 Å². The predicted molar refractivity (Wildman–Crippen MR) is 92.5 cm³/mol. The van der Waals surface area contributed by atoms with Gasteiger partial charge in [0.15, 0.2) is 0 Å². The molecule has 0 saturated heterocycles. The minimum atomic E-state index is -0.170. The first-order chi connectivity index (χ1) is 12.1. The molecule has 1 aromatic carbocycles. The van der Waals surface area contributed by atoms with Gasteiger partial charge in [-0.05, 0) is 32.8 Å². The molecule has 0 fully saturated rings. The van der Waals surface area contributed by atoms with E-state index in [0.717, 1.165) is 42.3 Å². The standard InChI is InChI=1S/C18H23N5O2/c1-11(14-10-25-16-8-4-3-6-13(14)16)19-18(24)21-15-7-5-9-23-17(15)20-12(2)22-23/h3-4,6,8,11,14-15H,5,7,9-10H2,1-2H3,(H2,19,21,24)/t11-,14+,15+/m1/s1. The minimum absolute atomic E-state index is 0.0214. The van der Waals surface area contributed by atoms with E-state index in [2.05, 4.69) is 26.8 Å². The Kier molecular flexibility index (Phi) is 4.07. The largest absolute Gasteiger partial charge is 0.493 e. The number of hydrogen-bond donors (Lipinski definition) is 2. The number of carbonyl (C=O) groups is 1. The summed E-state index contributed by atoms with van der Waals surface area (Å²) in [4.78, 5) is 16.9. The maximum atomic E-state index is 12.5. The van der Waals surface area contributed by atoms with Crippen LogP contribution in [0.2, 0.25) is 0 Å². The number of ether oxygens (including phenoxy) is 1. The molecule has 0 saturated carbocycles. The highest BCUT2D eigenvalue weighted by molar-refractivity contribution is 5.74. The molecule has 2 N–H and O–H groups in total. The lowest BCUT2D eigenvalue weighted by Gasteiger charge is -2.25. The highest BCUT2D eigenvalue weighted by Gasteiger charge is 2.31. The van der Waals surface area contributed by atoms with Crippen molar-refractivity contribution in [2.75, 3.05) is 6.61 Å². The molecule has 0 aliphatic carbocycles. The van der Waals surface area contributed by atoms with E-state index in [9.17, 15) is 4.79 Å². The molecule has 2 aliphatic rings. The van der Waals surface area contributed by atoms with Gasteiger partial charge in [-0.3, -0.25) is 0 Å². The summed E-state index contributed by atoms with van der Waals surface area (Å²) in [6, 6.07) is 7.73. The highest BCUT2D eigenvalue weighted by Crippen LogP contribution is 2.35. The van der Waals surface area contributed by atoms with Gasteiger partial charge < -0.3 is 15.4 Å². The second kappa shape index (κ2) is 6.38.